The predicted octanol–water partition coefficient (Wildman–Crippen LogP) is 5.69. The molecule has 170 valence electrons. The van der Waals surface area contributed by atoms with E-state index in [1.807, 2.05) is 55.5 Å². The van der Waals surface area contributed by atoms with Gasteiger partial charge in [0.05, 0.1) is 16.8 Å². The van der Waals surface area contributed by atoms with Gasteiger partial charge in [-0.05, 0) is 54.4 Å². The van der Waals surface area contributed by atoms with Crippen LogP contribution in [0.3, 0.4) is 0 Å². The number of rotatable bonds is 6. The number of β-lactam (4-membered cyclic amide) rings is 1. The number of amides is 3. The first-order valence-electron chi connectivity index (χ1n) is 10.7. The van der Waals surface area contributed by atoms with Crippen LogP contribution in [0.15, 0.2) is 73.1 Å². The molecule has 2 aromatic carbocycles. The maximum atomic E-state index is 12.2. The fourth-order valence-electron chi connectivity index (χ4n) is 3.36. The van der Waals surface area contributed by atoms with Crippen molar-refractivity contribution in [3.05, 3.63) is 78.6 Å². The molecular weight excluding hydrogens is 450 g/mol. The summed E-state index contributed by atoms with van der Waals surface area (Å²) in [7, 11) is 0. The Kier molecular flexibility index (Phi) is 5.92. The van der Waals surface area contributed by atoms with Gasteiger partial charge in [-0.15, -0.1) is 0 Å². The van der Waals surface area contributed by atoms with Gasteiger partial charge in [0.2, 0.25) is 11.8 Å². The standard InChI is InChI=1S/C25H21N5O3S/c1-16-4-2-3-5-20(16)29-24(32)28-18-8-11-22(26-14-18)33-19-9-6-17(7-10-19)21-15-27-25(34-21)30-13-12-23(30)31/h2-11,14-15H,12-13H2,1H3,(H2,28,29,32). The first kappa shape index (κ1) is 21.6. The van der Waals surface area contributed by atoms with Crippen molar-refractivity contribution in [2.24, 2.45) is 0 Å². The lowest BCUT2D eigenvalue weighted by Gasteiger charge is -2.27. The highest BCUT2D eigenvalue weighted by molar-refractivity contribution is 7.19. The number of carbonyl (C=O) groups excluding carboxylic acids is 2. The molecule has 0 radical (unpaired) electrons. The minimum Gasteiger partial charge on any atom is -0.439 e. The van der Waals surface area contributed by atoms with Crippen molar-refractivity contribution in [3.8, 4) is 22.1 Å². The Balaban J connectivity index is 1.18. The maximum Gasteiger partial charge on any atom is 0.323 e. The highest BCUT2D eigenvalue weighted by atomic mass is 32.1. The Morgan fingerprint density at radius 1 is 1.00 bits per heavy atom. The number of aryl methyl sites for hydroxylation is 1. The molecule has 9 heteroatoms. The van der Waals surface area contributed by atoms with Gasteiger partial charge < -0.3 is 15.4 Å². The third-order valence-electron chi connectivity index (χ3n) is 5.32. The van der Waals surface area contributed by atoms with Crippen LogP contribution in [0.25, 0.3) is 10.4 Å². The zero-order chi connectivity index (χ0) is 23.5. The number of benzene rings is 2. The maximum absolute atomic E-state index is 12.2. The van der Waals surface area contributed by atoms with Gasteiger partial charge in [-0.25, -0.2) is 14.8 Å². The second-order valence-corrected chi connectivity index (χ2v) is 8.72. The summed E-state index contributed by atoms with van der Waals surface area (Å²) in [6, 6.07) is 18.2. The average molecular weight is 472 g/mol. The number of anilines is 3. The zero-order valence-corrected chi connectivity index (χ0v) is 19.1. The largest absolute Gasteiger partial charge is 0.439 e. The van der Waals surface area contributed by atoms with Gasteiger partial charge >= 0.3 is 6.03 Å². The van der Waals surface area contributed by atoms with E-state index in [-0.39, 0.29) is 11.9 Å². The lowest BCUT2D eigenvalue weighted by Crippen LogP contribution is -2.43. The fourth-order valence-corrected chi connectivity index (χ4v) is 4.33. The molecule has 3 amide bonds. The fraction of sp³-hybridized carbons (Fsp3) is 0.120. The SMILES string of the molecule is Cc1ccccc1NC(=O)Nc1ccc(Oc2ccc(-c3cnc(N4CCC4=O)s3)cc2)nc1. The highest BCUT2D eigenvalue weighted by Crippen LogP contribution is 2.34. The van der Waals surface area contributed by atoms with Crippen molar-refractivity contribution >= 4 is 39.8 Å². The van der Waals surface area contributed by atoms with Crippen molar-refractivity contribution in [2.45, 2.75) is 13.3 Å². The molecule has 34 heavy (non-hydrogen) atoms. The molecule has 1 aliphatic rings. The van der Waals surface area contributed by atoms with Crippen LogP contribution in [0.4, 0.5) is 21.3 Å². The minimum absolute atomic E-state index is 0.116. The number of hydrogen-bond acceptors (Lipinski definition) is 6. The van der Waals surface area contributed by atoms with Crippen molar-refractivity contribution in [1.82, 2.24) is 9.97 Å². The number of aromatic nitrogens is 2. The van der Waals surface area contributed by atoms with E-state index in [9.17, 15) is 9.59 Å². The molecule has 4 aromatic rings. The summed E-state index contributed by atoms with van der Waals surface area (Å²) in [5.74, 6) is 1.16. The number of nitrogens with zero attached hydrogens (tertiary/aromatic N) is 3. The summed E-state index contributed by atoms with van der Waals surface area (Å²) in [5, 5.41) is 6.31. The van der Waals surface area contributed by atoms with Crippen LogP contribution in [0.2, 0.25) is 0 Å². The molecule has 0 saturated carbocycles. The van der Waals surface area contributed by atoms with E-state index < -0.39 is 0 Å². The smallest absolute Gasteiger partial charge is 0.323 e. The first-order valence-corrected chi connectivity index (χ1v) is 11.5. The van der Waals surface area contributed by atoms with E-state index in [4.69, 9.17) is 4.74 Å². The third-order valence-corrected chi connectivity index (χ3v) is 6.39. The van der Waals surface area contributed by atoms with Gasteiger partial charge in [0, 0.05) is 30.9 Å². The third kappa shape index (κ3) is 4.74. The average Bonchev–Trinajstić information content (AvgIpc) is 3.30. The monoisotopic (exact) mass is 471 g/mol. The van der Waals surface area contributed by atoms with Gasteiger partial charge in [-0.2, -0.15) is 0 Å². The zero-order valence-electron chi connectivity index (χ0n) is 18.3. The highest BCUT2D eigenvalue weighted by Gasteiger charge is 2.27. The molecular formula is C25H21N5O3S. The minimum atomic E-state index is -0.343. The van der Waals surface area contributed by atoms with Crippen LogP contribution in [0.1, 0.15) is 12.0 Å². The molecule has 0 spiro atoms. The molecule has 5 rings (SSSR count). The molecule has 2 aromatic heterocycles. The Morgan fingerprint density at radius 3 is 2.50 bits per heavy atom. The quantitative estimate of drug-likeness (QED) is 0.352. The molecule has 1 saturated heterocycles. The predicted molar refractivity (Wildman–Crippen MR) is 133 cm³/mol. The Bertz CT molecular complexity index is 1340. The molecule has 1 aliphatic heterocycles. The number of urea groups is 1. The van der Waals surface area contributed by atoms with Crippen molar-refractivity contribution in [3.63, 3.8) is 0 Å². The summed E-state index contributed by atoms with van der Waals surface area (Å²) in [5.41, 5.74) is 3.28. The van der Waals surface area contributed by atoms with E-state index in [0.717, 1.165) is 33.4 Å². The molecule has 0 unspecified atom stereocenters. The molecule has 0 atom stereocenters. The van der Waals surface area contributed by atoms with Crippen LogP contribution in [0, 0.1) is 6.92 Å². The molecule has 3 heterocycles. The van der Waals surface area contributed by atoms with Crippen LogP contribution in [0.5, 0.6) is 11.6 Å². The van der Waals surface area contributed by atoms with Gasteiger partial charge in [-0.3, -0.25) is 9.69 Å². The van der Waals surface area contributed by atoms with Crippen LogP contribution in [-0.2, 0) is 4.79 Å². The number of ether oxygens (including phenoxy) is 1. The van der Waals surface area contributed by atoms with E-state index >= 15 is 0 Å². The normalized spacial score (nSPS) is 12.7. The summed E-state index contributed by atoms with van der Waals surface area (Å²) < 4.78 is 5.82. The topological polar surface area (TPSA) is 96.5 Å². The van der Waals surface area contributed by atoms with Crippen molar-refractivity contribution < 1.29 is 14.3 Å². The Labute approximate surface area is 200 Å². The van der Waals surface area contributed by atoms with E-state index in [1.54, 1.807) is 23.2 Å². The number of thiazole rings is 1. The number of para-hydroxylation sites is 1. The van der Waals surface area contributed by atoms with Gasteiger partial charge in [-0.1, -0.05) is 29.5 Å². The number of nitrogens with one attached hydrogen (secondary N) is 2. The molecule has 0 bridgehead atoms. The molecule has 0 aliphatic carbocycles. The lowest BCUT2D eigenvalue weighted by molar-refractivity contribution is -0.122. The Morgan fingerprint density at radius 2 is 1.82 bits per heavy atom. The van der Waals surface area contributed by atoms with E-state index in [2.05, 4.69) is 20.6 Å². The molecule has 2 N–H and O–H groups in total. The van der Waals surface area contributed by atoms with Gasteiger partial charge in [0.25, 0.3) is 0 Å². The lowest BCUT2D eigenvalue weighted by atomic mass is 10.2. The number of pyridine rings is 1. The second-order valence-electron chi connectivity index (χ2n) is 7.71. The summed E-state index contributed by atoms with van der Waals surface area (Å²) >= 11 is 1.49. The molecule has 8 nitrogen and oxygen atoms in total. The van der Waals surface area contributed by atoms with E-state index in [0.29, 0.717) is 23.7 Å². The van der Waals surface area contributed by atoms with Crippen LogP contribution in [-0.4, -0.2) is 28.5 Å². The van der Waals surface area contributed by atoms with Crippen LogP contribution >= 0.6 is 11.3 Å². The van der Waals surface area contributed by atoms with Crippen LogP contribution < -0.4 is 20.3 Å². The van der Waals surface area contributed by atoms with E-state index in [1.165, 1.54) is 17.5 Å². The summed E-state index contributed by atoms with van der Waals surface area (Å²) in [6.45, 7) is 2.66. The van der Waals surface area contributed by atoms with Crippen molar-refractivity contribution in [2.75, 3.05) is 22.1 Å². The molecule has 1 fully saturated rings. The summed E-state index contributed by atoms with van der Waals surface area (Å²) in [4.78, 5) is 35.1. The summed E-state index contributed by atoms with van der Waals surface area (Å²) in [6.07, 6.45) is 3.91. The van der Waals surface area contributed by atoms with Gasteiger partial charge in [0.1, 0.15) is 5.75 Å². The second kappa shape index (κ2) is 9.32. The Hall–Kier alpha value is -4.24. The van der Waals surface area contributed by atoms with Crippen molar-refractivity contribution in [1.29, 1.82) is 0 Å². The number of hydrogen-bond donors (Lipinski definition) is 2. The van der Waals surface area contributed by atoms with Gasteiger partial charge in [0.15, 0.2) is 5.13 Å². The first-order chi connectivity index (χ1) is 16.5. The number of carbonyl (C=O) groups is 2.